The number of piperazine rings is 1. The first-order chi connectivity index (χ1) is 20.1. The van der Waals surface area contributed by atoms with E-state index in [4.69, 9.17) is 14.7 Å². The van der Waals surface area contributed by atoms with E-state index >= 15 is 0 Å². The number of nitrogens with one attached hydrogen (secondary N) is 1. The van der Waals surface area contributed by atoms with Gasteiger partial charge >= 0.3 is 6.03 Å². The van der Waals surface area contributed by atoms with E-state index in [1.807, 2.05) is 23.9 Å². The van der Waals surface area contributed by atoms with Crippen molar-refractivity contribution >= 4 is 40.1 Å². The standard InChI is InChI=1S/C30H33N7O3S/c1-39-27-17-25-26(18-28(27)40-14-2-7-35-12-15-41-16-13-35)33-21-23(20-32)29(25)36-8-10-37(11-9-36)30(38)34-24-5-3-22(19-31)4-6-24/h3-6,17-18,21H,2,7-16H2,1H3,(H,34,38). The number of anilines is 2. The van der Waals surface area contributed by atoms with Crippen molar-refractivity contribution in [3.05, 3.63) is 53.7 Å². The average molecular weight is 572 g/mol. The summed E-state index contributed by atoms with van der Waals surface area (Å²) in [5.74, 6) is 3.63. The van der Waals surface area contributed by atoms with Crippen LogP contribution >= 0.6 is 11.8 Å². The lowest BCUT2D eigenvalue weighted by atomic mass is 10.1. The lowest BCUT2D eigenvalue weighted by Gasteiger charge is -2.36. The van der Waals surface area contributed by atoms with Crippen LogP contribution in [-0.2, 0) is 0 Å². The van der Waals surface area contributed by atoms with Crippen molar-refractivity contribution in [2.24, 2.45) is 0 Å². The largest absolute Gasteiger partial charge is 0.493 e. The highest BCUT2D eigenvalue weighted by atomic mass is 32.2. The summed E-state index contributed by atoms with van der Waals surface area (Å²) in [6, 6.07) is 14.7. The lowest BCUT2D eigenvalue weighted by molar-refractivity contribution is 0.208. The minimum atomic E-state index is -0.197. The maximum atomic E-state index is 12.9. The molecule has 0 saturated carbocycles. The summed E-state index contributed by atoms with van der Waals surface area (Å²) in [7, 11) is 1.62. The van der Waals surface area contributed by atoms with Crippen LogP contribution < -0.4 is 19.7 Å². The molecule has 2 fully saturated rings. The van der Waals surface area contributed by atoms with E-state index in [9.17, 15) is 10.1 Å². The van der Waals surface area contributed by atoms with Gasteiger partial charge in [-0.1, -0.05) is 0 Å². The van der Waals surface area contributed by atoms with Crippen LogP contribution in [0.3, 0.4) is 0 Å². The molecule has 3 aromatic rings. The molecule has 0 atom stereocenters. The van der Waals surface area contributed by atoms with Crippen LogP contribution in [0.4, 0.5) is 16.2 Å². The van der Waals surface area contributed by atoms with Gasteiger partial charge < -0.3 is 29.5 Å². The molecule has 2 aliphatic rings. The van der Waals surface area contributed by atoms with Gasteiger partial charge in [0.2, 0.25) is 0 Å². The zero-order valence-corrected chi connectivity index (χ0v) is 24.0. The number of pyridine rings is 1. The quantitative estimate of drug-likeness (QED) is 0.398. The molecule has 2 saturated heterocycles. The first-order valence-electron chi connectivity index (χ1n) is 13.7. The Labute approximate surface area is 244 Å². The maximum absolute atomic E-state index is 12.9. The molecule has 0 unspecified atom stereocenters. The van der Waals surface area contributed by atoms with E-state index in [1.54, 1.807) is 42.5 Å². The third-order valence-electron chi connectivity index (χ3n) is 7.37. The molecule has 2 amide bonds. The number of ether oxygens (including phenoxy) is 2. The molecule has 3 heterocycles. The Morgan fingerprint density at radius 1 is 1.02 bits per heavy atom. The van der Waals surface area contributed by atoms with Crippen LogP contribution in [0.2, 0.25) is 0 Å². The first-order valence-corrected chi connectivity index (χ1v) is 14.9. The number of rotatable bonds is 8. The molecule has 0 bridgehead atoms. The van der Waals surface area contributed by atoms with Gasteiger partial charge in [-0.15, -0.1) is 0 Å². The second-order valence-electron chi connectivity index (χ2n) is 9.90. The van der Waals surface area contributed by atoms with E-state index in [1.165, 1.54) is 11.5 Å². The number of carbonyl (C=O) groups is 1. The summed E-state index contributed by atoms with van der Waals surface area (Å²) < 4.78 is 11.8. The van der Waals surface area contributed by atoms with Gasteiger partial charge in [-0.05, 0) is 36.8 Å². The fourth-order valence-electron chi connectivity index (χ4n) is 5.14. The van der Waals surface area contributed by atoms with Gasteiger partial charge in [-0.25, -0.2) is 4.79 Å². The molecule has 1 N–H and O–H groups in total. The van der Waals surface area contributed by atoms with Crippen molar-refractivity contribution < 1.29 is 14.3 Å². The number of thioether (sulfide) groups is 1. The number of urea groups is 1. The zero-order chi connectivity index (χ0) is 28.6. The van der Waals surface area contributed by atoms with Crippen molar-refractivity contribution in [3.8, 4) is 23.6 Å². The fraction of sp³-hybridized carbons (Fsp3) is 0.400. The van der Waals surface area contributed by atoms with E-state index in [0.717, 1.165) is 42.6 Å². The van der Waals surface area contributed by atoms with E-state index in [2.05, 4.69) is 32.2 Å². The second kappa shape index (κ2) is 13.4. The molecule has 2 aromatic carbocycles. The van der Waals surface area contributed by atoms with Gasteiger partial charge in [0.25, 0.3) is 0 Å². The summed E-state index contributed by atoms with van der Waals surface area (Å²) in [5, 5.41) is 22.6. The molecule has 0 radical (unpaired) electrons. The number of hydrogen-bond donors (Lipinski definition) is 1. The van der Waals surface area contributed by atoms with Crippen molar-refractivity contribution in [3.63, 3.8) is 0 Å². The molecule has 212 valence electrons. The molecule has 41 heavy (non-hydrogen) atoms. The van der Waals surface area contributed by atoms with Crippen molar-refractivity contribution in [1.82, 2.24) is 14.8 Å². The molecule has 1 aromatic heterocycles. The van der Waals surface area contributed by atoms with Gasteiger partial charge in [0.15, 0.2) is 11.5 Å². The lowest BCUT2D eigenvalue weighted by Crippen LogP contribution is -2.50. The highest BCUT2D eigenvalue weighted by Gasteiger charge is 2.25. The Kier molecular flexibility index (Phi) is 9.29. The van der Waals surface area contributed by atoms with Crippen LogP contribution in [-0.4, -0.2) is 91.9 Å². The van der Waals surface area contributed by atoms with Crippen molar-refractivity contribution in [2.45, 2.75) is 6.42 Å². The Morgan fingerprint density at radius 2 is 1.78 bits per heavy atom. The van der Waals surface area contributed by atoms with Crippen LogP contribution in [0, 0.1) is 22.7 Å². The Morgan fingerprint density at radius 3 is 2.46 bits per heavy atom. The number of nitrogens with zero attached hydrogens (tertiary/aromatic N) is 6. The summed E-state index contributed by atoms with van der Waals surface area (Å²) in [6.07, 6.45) is 2.53. The number of nitriles is 2. The van der Waals surface area contributed by atoms with Crippen LogP contribution in [0.1, 0.15) is 17.5 Å². The highest BCUT2D eigenvalue weighted by molar-refractivity contribution is 7.99. The molecular formula is C30H33N7O3S. The normalized spacial score (nSPS) is 15.7. The molecule has 2 aliphatic heterocycles. The molecule has 11 heteroatoms. The second-order valence-corrected chi connectivity index (χ2v) is 11.1. The molecule has 5 rings (SSSR count). The topological polar surface area (TPSA) is 118 Å². The minimum absolute atomic E-state index is 0.197. The van der Waals surface area contributed by atoms with Gasteiger partial charge in [-0.3, -0.25) is 4.98 Å². The maximum Gasteiger partial charge on any atom is 0.321 e. The average Bonchev–Trinajstić information content (AvgIpc) is 3.03. The van der Waals surface area contributed by atoms with E-state index in [0.29, 0.717) is 61.1 Å². The third kappa shape index (κ3) is 6.76. The van der Waals surface area contributed by atoms with E-state index in [-0.39, 0.29) is 6.03 Å². The highest BCUT2D eigenvalue weighted by Crippen LogP contribution is 2.38. The smallest absolute Gasteiger partial charge is 0.321 e. The number of hydrogen-bond acceptors (Lipinski definition) is 9. The van der Waals surface area contributed by atoms with Crippen LogP contribution in [0.15, 0.2) is 42.6 Å². The minimum Gasteiger partial charge on any atom is -0.493 e. The van der Waals surface area contributed by atoms with Gasteiger partial charge in [0.1, 0.15) is 6.07 Å². The van der Waals surface area contributed by atoms with Crippen molar-refractivity contribution in [1.29, 1.82) is 10.5 Å². The van der Waals surface area contributed by atoms with Gasteiger partial charge in [-0.2, -0.15) is 22.3 Å². The zero-order valence-electron chi connectivity index (χ0n) is 23.1. The van der Waals surface area contributed by atoms with Gasteiger partial charge in [0.05, 0.1) is 42.1 Å². The summed E-state index contributed by atoms with van der Waals surface area (Å²) in [6.45, 7) is 5.97. The number of carbonyl (C=O) groups excluding carboxylic acids is 1. The SMILES string of the molecule is COc1cc2c(N3CCN(C(=O)Nc4ccc(C#N)cc4)CC3)c(C#N)cnc2cc1OCCCN1CCSCC1. The summed E-state index contributed by atoms with van der Waals surface area (Å²) in [4.78, 5) is 23.8. The van der Waals surface area contributed by atoms with Gasteiger partial charge in [0, 0.05) is 80.7 Å². The summed E-state index contributed by atoms with van der Waals surface area (Å²) >= 11 is 2.01. The number of fused-ring (bicyclic) bond motifs is 1. The van der Waals surface area contributed by atoms with E-state index < -0.39 is 0 Å². The summed E-state index contributed by atoms with van der Waals surface area (Å²) in [5.41, 5.74) is 3.17. The third-order valence-corrected chi connectivity index (χ3v) is 8.32. The Balaban J connectivity index is 1.26. The van der Waals surface area contributed by atoms with Crippen LogP contribution in [0.25, 0.3) is 10.9 Å². The molecule has 0 aliphatic carbocycles. The fourth-order valence-corrected chi connectivity index (χ4v) is 6.12. The molecule has 0 spiro atoms. The van der Waals surface area contributed by atoms with Crippen LogP contribution in [0.5, 0.6) is 11.5 Å². The van der Waals surface area contributed by atoms with Crippen molar-refractivity contribution in [2.75, 3.05) is 81.3 Å². The molecular weight excluding hydrogens is 538 g/mol. The monoisotopic (exact) mass is 571 g/mol. The number of amides is 2. The first kappa shape index (κ1) is 28.3. The number of methoxy groups -OCH3 is 1. The Bertz CT molecular complexity index is 1450. The predicted molar refractivity (Wildman–Crippen MR) is 161 cm³/mol. The number of aromatic nitrogens is 1. The predicted octanol–water partition coefficient (Wildman–Crippen LogP) is 4.16. The Hall–Kier alpha value is -4.19. The molecule has 10 nitrogen and oxygen atoms in total. The number of benzene rings is 2.